The molecule has 0 bridgehead atoms. The molecule has 0 aromatic rings. The molecule has 1 aliphatic carbocycles. The monoisotopic (exact) mass is 258 g/mol. The predicted octanol–water partition coefficient (Wildman–Crippen LogP) is 1.49. The van der Waals surface area contributed by atoms with Crippen LogP contribution in [0, 0.1) is 0 Å². The van der Waals surface area contributed by atoms with Crippen LogP contribution in [0.4, 0.5) is 4.79 Å². The summed E-state index contributed by atoms with van der Waals surface area (Å²) in [6, 6.07) is -0.644. The first-order valence-corrected chi connectivity index (χ1v) is 7.21. The summed E-state index contributed by atoms with van der Waals surface area (Å²) >= 11 is 1.49. The first-order valence-electron chi connectivity index (χ1n) is 6.06. The van der Waals surface area contributed by atoms with E-state index in [1.54, 1.807) is 0 Å². The van der Waals surface area contributed by atoms with Crippen molar-refractivity contribution < 1.29 is 14.7 Å². The van der Waals surface area contributed by atoms with Gasteiger partial charge >= 0.3 is 12.0 Å². The van der Waals surface area contributed by atoms with Gasteiger partial charge < -0.3 is 15.3 Å². The van der Waals surface area contributed by atoms with Crippen molar-refractivity contribution in [1.29, 1.82) is 0 Å². The predicted molar refractivity (Wildman–Crippen MR) is 66.0 cm³/mol. The highest BCUT2D eigenvalue weighted by molar-refractivity contribution is 7.99. The Morgan fingerprint density at radius 1 is 1.24 bits per heavy atom. The van der Waals surface area contributed by atoms with Gasteiger partial charge in [-0.1, -0.05) is 19.3 Å². The molecule has 0 aromatic heterocycles. The first kappa shape index (κ1) is 12.5. The van der Waals surface area contributed by atoms with Crippen molar-refractivity contribution >= 4 is 23.8 Å². The van der Waals surface area contributed by atoms with Gasteiger partial charge in [0.1, 0.15) is 6.04 Å². The lowest BCUT2D eigenvalue weighted by molar-refractivity contribution is -0.140. The van der Waals surface area contributed by atoms with Gasteiger partial charge in [0.15, 0.2) is 0 Å². The van der Waals surface area contributed by atoms with Crippen molar-refractivity contribution in [3.8, 4) is 0 Å². The average molecular weight is 258 g/mol. The number of carbonyl (C=O) groups excluding carboxylic acids is 1. The summed E-state index contributed by atoms with van der Waals surface area (Å²) in [4.78, 5) is 24.4. The Morgan fingerprint density at radius 2 is 1.94 bits per heavy atom. The largest absolute Gasteiger partial charge is 0.480 e. The normalized spacial score (nSPS) is 25.9. The van der Waals surface area contributed by atoms with E-state index in [1.807, 2.05) is 0 Å². The molecule has 1 saturated carbocycles. The number of aliphatic carboxylic acids is 1. The molecule has 5 nitrogen and oxygen atoms in total. The maximum absolute atomic E-state index is 12.0. The van der Waals surface area contributed by atoms with Crippen molar-refractivity contribution in [2.75, 3.05) is 11.6 Å². The fraction of sp³-hybridized carbons (Fsp3) is 0.818. The van der Waals surface area contributed by atoms with Crippen LogP contribution in [0.2, 0.25) is 0 Å². The molecule has 17 heavy (non-hydrogen) atoms. The van der Waals surface area contributed by atoms with Crippen LogP contribution >= 0.6 is 11.8 Å². The minimum Gasteiger partial charge on any atom is -0.480 e. The van der Waals surface area contributed by atoms with Gasteiger partial charge in [0.05, 0.1) is 5.88 Å². The molecule has 2 aliphatic rings. The molecule has 2 fully saturated rings. The maximum atomic E-state index is 12.0. The Kier molecular flexibility index (Phi) is 4.15. The highest BCUT2D eigenvalue weighted by Crippen LogP contribution is 2.22. The zero-order valence-corrected chi connectivity index (χ0v) is 10.5. The van der Waals surface area contributed by atoms with E-state index in [2.05, 4.69) is 5.32 Å². The van der Waals surface area contributed by atoms with Gasteiger partial charge in [-0.05, 0) is 12.8 Å². The van der Waals surface area contributed by atoms with Crippen molar-refractivity contribution in [2.24, 2.45) is 0 Å². The second kappa shape index (κ2) is 5.62. The minimum absolute atomic E-state index is 0.214. The Hall–Kier alpha value is -0.910. The molecule has 1 aliphatic heterocycles. The molecule has 1 atom stereocenters. The maximum Gasteiger partial charge on any atom is 0.327 e. The summed E-state index contributed by atoms with van der Waals surface area (Å²) in [5.74, 6) is 0.0666. The van der Waals surface area contributed by atoms with Crippen LogP contribution in [0.5, 0.6) is 0 Å². The first-order chi connectivity index (χ1) is 8.18. The van der Waals surface area contributed by atoms with E-state index in [4.69, 9.17) is 5.11 Å². The summed E-state index contributed by atoms with van der Waals surface area (Å²) in [5.41, 5.74) is 0. The van der Waals surface area contributed by atoms with Gasteiger partial charge in [0.2, 0.25) is 0 Å². The van der Waals surface area contributed by atoms with Crippen LogP contribution in [0.3, 0.4) is 0 Å². The molecule has 1 saturated heterocycles. The Morgan fingerprint density at radius 3 is 2.59 bits per heavy atom. The van der Waals surface area contributed by atoms with Crippen LogP contribution in [-0.4, -0.2) is 45.7 Å². The quantitative estimate of drug-likeness (QED) is 0.787. The van der Waals surface area contributed by atoms with E-state index in [-0.39, 0.29) is 12.1 Å². The SMILES string of the molecule is O=C(O)[C@H]1CSCN1C(=O)NC1CCCCC1. The summed E-state index contributed by atoms with van der Waals surface area (Å²) in [6.45, 7) is 0. The molecule has 0 spiro atoms. The van der Waals surface area contributed by atoms with Crippen LogP contribution < -0.4 is 5.32 Å². The lowest BCUT2D eigenvalue weighted by Crippen LogP contribution is -2.50. The molecule has 2 N–H and O–H groups in total. The van der Waals surface area contributed by atoms with Gasteiger partial charge in [0.25, 0.3) is 0 Å². The average Bonchev–Trinajstić information content (AvgIpc) is 2.79. The second-order valence-corrected chi connectivity index (χ2v) is 5.61. The number of nitrogens with one attached hydrogen (secondary N) is 1. The second-order valence-electron chi connectivity index (χ2n) is 4.61. The summed E-state index contributed by atoms with van der Waals surface area (Å²) < 4.78 is 0. The summed E-state index contributed by atoms with van der Waals surface area (Å²) in [7, 11) is 0. The van der Waals surface area contributed by atoms with Crippen LogP contribution in [0.1, 0.15) is 32.1 Å². The number of urea groups is 1. The molecular formula is C11H18N2O3S. The number of thioether (sulfide) groups is 1. The number of nitrogens with zero attached hydrogens (tertiary/aromatic N) is 1. The van der Waals surface area contributed by atoms with E-state index in [0.29, 0.717) is 11.6 Å². The van der Waals surface area contributed by atoms with E-state index >= 15 is 0 Å². The summed E-state index contributed by atoms with van der Waals surface area (Å²) in [5, 5.41) is 12.0. The van der Waals surface area contributed by atoms with Crippen molar-refractivity contribution in [1.82, 2.24) is 10.2 Å². The number of hydrogen-bond acceptors (Lipinski definition) is 3. The van der Waals surface area contributed by atoms with Crippen LogP contribution in [0.25, 0.3) is 0 Å². The molecule has 2 rings (SSSR count). The fourth-order valence-electron chi connectivity index (χ4n) is 2.35. The molecule has 0 unspecified atom stereocenters. The molecular weight excluding hydrogens is 240 g/mol. The van der Waals surface area contributed by atoms with E-state index in [9.17, 15) is 9.59 Å². The topological polar surface area (TPSA) is 69.6 Å². The number of carboxylic acids is 1. The highest BCUT2D eigenvalue weighted by Gasteiger charge is 2.35. The third-order valence-electron chi connectivity index (χ3n) is 3.36. The fourth-order valence-corrected chi connectivity index (χ4v) is 3.50. The van der Waals surface area contributed by atoms with Gasteiger partial charge in [-0.2, -0.15) is 0 Å². The lowest BCUT2D eigenvalue weighted by atomic mass is 9.96. The number of carboxylic acid groups (broad SMARTS) is 1. The third kappa shape index (κ3) is 3.06. The third-order valence-corrected chi connectivity index (χ3v) is 4.37. The molecule has 0 radical (unpaired) electrons. The molecule has 96 valence electrons. The highest BCUT2D eigenvalue weighted by atomic mass is 32.2. The number of carbonyl (C=O) groups is 2. The smallest absolute Gasteiger partial charge is 0.327 e. The van der Waals surface area contributed by atoms with E-state index in [0.717, 1.165) is 25.7 Å². The number of rotatable bonds is 2. The van der Waals surface area contributed by atoms with Crippen molar-refractivity contribution in [3.63, 3.8) is 0 Å². The Balaban J connectivity index is 1.88. The molecule has 6 heteroatoms. The zero-order valence-electron chi connectivity index (χ0n) is 9.72. The van der Waals surface area contributed by atoms with Crippen molar-refractivity contribution in [2.45, 2.75) is 44.2 Å². The summed E-state index contributed by atoms with van der Waals surface area (Å²) in [6.07, 6.45) is 5.59. The zero-order chi connectivity index (χ0) is 12.3. The standard InChI is InChI=1S/C11H18N2O3S/c14-10(15)9-6-17-7-13(9)11(16)12-8-4-2-1-3-5-8/h8-9H,1-7H2,(H,12,16)(H,14,15)/t9-/m1/s1. The van der Waals surface area contributed by atoms with E-state index in [1.165, 1.54) is 23.1 Å². The molecule has 1 heterocycles. The van der Waals surface area contributed by atoms with Crippen molar-refractivity contribution in [3.05, 3.63) is 0 Å². The molecule has 0 aromatic carbocycles. The minimum atomic E-state index is -0.909. The van der Waals surface area contributed by atoms with Gasteiger partial charge in [-0.25, -0.2) is 9.59 Å². The Labute approximate surface area is 105 Å². The number of hydrogen-bond donors (Lipinski definition) is 2. The lowest BCUT2D eigenvalue weighted by Gasteiger charge is -2.27. The van der Waals surface area contributed by atoms with Crippen LogP contribution in [-0.2, 0) is 4.79 Å². The molecule has 2 amide bonds. The van der Waals surface area contributed by atoms with E-state index < -0.39 is 12.0 Å². The van der Waals surface area contributed by atoms with Gasteiger partial charge in [0, 0.05) is 11.8 Å². The van der Waals surface area contributed by atoms with Gasteiger partial charge in [-0.3, -0.25) is 0 Å². The number of amides is 2. The van der Waals surface area contributed by atoms with Gasteiger partial charge in [-0.15, -0.1) is 11.8 Å². The Bertz CT molecular complexity index is 305. The van der Waals surface area contributed by atoms with Crippen LogP contribution in [0.15, 0.2) is 0 Å².